The Labute approximate surface area is 73.5 Å². The lowest BCUT2D eigenvalue weighted by molar-refractivity contribution is -0.227. The van der Waals surface area contributed by atoms with Crippen LogP contribution in [0.5, 0.6) is 0 Å². The van der Waals surface area contributed by atoms with Crippen molar-refractivity contribution in [2.24, 2.45) is 5.92 Å². The van der Waals surface area contributed by atoms with Crippen LogP contribution in [0.1, 0.15) is 13.8 Å². The number of aliphatic hydroxyl groups is 1. The molecule has 1 atom stereocenters. The molecule has 0 aromatic heterocycles. The highest BCUT2D eigenvalue weighted by Crippen LogP contribution is 2.35. The molecule has 0 aromatic carbocycles. The first-order valence-corrected chi connectivity index (χ1v) is 3.47. The van der Waals surface area contributed by atoms with Gasteiger partial charge in [0.25, 0.3) is 0 Å². The molecule has 0 aliphatic rings. The lowest BCUT2D eigenvalue weighted by atomic mass is 9.90. The van der Waals surface area contributed by atoms with Gasteiger partial charge in [0.1, 0.15) is 0 Å². The zero-order valence-electron chi connectivity index (χ0n) is 7.47. The van der Waals surface area contributed by atoms with E-state index in [1.165, 1.54) is 0 Å². The second-order valence-corrected chi connectivity index (χ2v) is 3.15. The molecule has 1 N–H and O–H groups in total. The van der Waals surface area contributed by atoms with Crippen LogP contribution in [0.15, 0.2) is 0 Å². The van der Waals surface area contributed by atoms with E-state index in [-0.39, 0.29) is 0 Å². The molecule has 0 radical (unpaired) electrons. The SMILES string of the molecule is COC(=O)C(C(C)(C)O)C(F)(F)F. The third kappa shape index (κ3) is 3.22. The normalized spacial score (nSPS) is 15.3. The number of carbonyl (C=O) groups is 1. The maximum absolute atomic E-state index is 12.2. The van der Waals surface area contributed by atoms with E-state index in [2.05, 4.69) is 4.74 Å². The molecular weight excluding hydrogens is 189 g/mol. The highest BCUT2D eigenvalue weighted by molar-refractivity contribution is 5.74. The second-order valence-electron chi connectivity index (χ2n) is 3.15. The van der Waals surface area contributed by atoms with E-state index in [1.807, 2.05) is 0 Å². The van der Waals surface area contributed by atoms with Crippen molar-refractivity contribution in [2.75, 3.05) is 7.11 Å². The quantitative estimate of drug-likeness (QED) is 0.679. The predicted molar refractivity (Wildman–Crippen MR) is 37.9 cm³/mol. The van der Waals surface area contributed by atoms with E-state index < -0.39 is 23.7 Å². The molecule has 0 rings (SSSR count). The van der Waals surface area contributed by atoms with E-state index in [4.69, 9.17) is 5.11 Å². The molecule has 0 fully saturated rings. The van der Waals surface area contributed by atoms with Gasteiger partial charge in [0.15, 0.2) is 5.92 Å². The summed E-state index contributed by atoms with van der Waals surface area (Å²) in [5.41, 5.74) is -2.18. The molecule has 0 saturated heterocycles. The van der Waals surface area contributed by atoms with Crippen molar-refractivity contribution in [3.63, 3.8) is 0 Å². The maximum atomic E-state index is 12.2. The van der Waals surface area contributed by atoms with Crippen molar-refractivity contribution in [2.45, 2.75) is 25.6 Å². The van der Waals surface area contributed by atoms with Gasteiger partial charge in [-0.15, -0.1) is 0 Å². The molecule has 0 bridgehead atoms. The Balaban J connectivity index is 4.89. The van der Waals surface area contributed by atoms with Gasteiger partial charge in [0, 0.05) is 0 Å². The van der Waals surface area contributed by atoms with Crippen molar-refractivity contribution in [1.29, 1.82) is 0 Å². The van der Waals surface area contributed by atoms with Crippen LogP contribution in [0.3, 0.4) is 0 Å². The first-order chi connectivity index (χ1) is 5.60. The fourth-order valence-corrected chi connectivity index (χ4v) is 0.940. The van der Waals surface area contributed by atoms with Crippen molar-refractivity contribution >= 4 is 5.97 Å². The molecule has 1 unspecified atom stereocenters. The minimum absolute atomic E-state index is 0.840. The van der Waals surface area contributed by atoms with Gasteiger partial charge in [-0.05, 0) is 13.8 Å². The summed E-state index contributed by atoms with van der Waals surface area (Å²) >= 11 is 0. The molecule has 3 nitrogen and oxygen atoms in total. The monoisotopic (exact) mass is 200 g/mol. The Morgan fingerprint density at radius 1 is 1.38 bits per heavy atom. The van der Waals surface area contributed by atoms with Crippen LogP contribution in [0.4, 0.5) is 13.2 Å². The largest absolute Gasteiger partial charge is 0.468 e. The number of rotatable bonds is 2. The van der Waals surface area contributed by atoms with Gasteiger partial charge in [-0.2, -0.15) is 13.2 Å². The van der Waals surface area contributed by atoms with E-state index in [0.717, 1.165) is 21.0 Å². The van der Waals surface area contributed by atoms with Crippen LogP contribution in [0.25, 0.3) is 0 Å². The molecule has 0 aliphatic carbocycles. The summed E-state index contributed by atoms with van der Waals surface area (Å²) in [6.45, 7) is 1.81. The van der Waals surface area contributed by atoms with Crippen molar-refractivity contribution in [3.05, 3.63) is 0 Å². The average molecular weight is 200 g/mol. The zero-order valence-corrected chi connectivity index (χ0v) is 7.47. The van der Waals surface area contributed by atoms with Gasteiger partial charge in [-0.25, -0.2) is 0 Å². The fourth-order valence-electron chi connectivity index (χ4n) is 0.940. The molecule has 0 heterocycles. The molecule has 6 heteroatoms. The number of methoxy groups -OCH3 is 1. The van der Waals surface area contributed by atoms with E-state index in [9.17, 15) is 18.0 Å². The summed E-state index contributed by atoms with van der Waals surface area (Å²) in [5, 5.41) is 9.09. The average Bonchev–Trinajstić information content (AvgIpc) is 1.80. The standard InChI is InChI=1S/C7H11F3O3/c1-6(2,12)4(5(11)13-3)7(8,9)10/h4,12H,1-3H3. The highest BCUT2D eigenvalue weighted by Gasteiger charge is 2.54. The third-order valence-electron chi connectivity index (χ3n) is 1.47. The lowest BCUT2D eigenvalue weighted by Crippen LogP contribution is -2.47. The summed E-state index contributed by atoms with van der Waals surface area (Å²) in [6.07, 6.45) is -4.80. The second kappa shape index (κ2) is 3.53. The van der Waals surface area contributed by atoms with Crippen molar-refractivity contribution in [3.8, 4) is 0 Å². The molecule has 0 amide bonds. The molecule has 0 spiro atoms. The van der Waals surface area contributed by atoms with E-state index >= 15 is 0 Å². The fraction of sp³-hybridized carbons (Fsp3) is 0.857. The van der Waals surface area contributed by atoms with Gasteiger partial charge in [0.2, 0.25) is 0 Å². The number of hydrogen-bond acceptors (Lipinski definition) is 3. The minimum atomic E-state index is -4.80. The van der Waals surface area contributed by atoms with Crippen LogP contribution in [-0.4, -0.2) is 30.0 Å². The van der Waals surface area contributed by atoms with Crippen LogP contribution in [-0.2, 0) is 9.53 Å². The van der Waals surface area contributed by atoms with Gasteiger partial charge in [0.05, 0.1) is 12.7 Å². The molecule has 0 aromatic rings. The van der Waals surface area contributed by atoms with Crippen LogP contribution >= 0.6 is 0 Å². The first-order valence-electron chi connectivity index (χ1n) is 3.47. The summed E-state index contributed by atoms with van der Waals surface area (Å²) < 4.78 is 40.5. The summed E-state index contributed by atoms with van der Waals surface area (Å²) in [6, 6.07) is 0. The molecule has 78 valence electrons. The number of alkyl halides is 3. The molecule has 0 aliphatic heterocycles. The number of halogens is 3. The lowest BCUT2D eigenvalue weighted by Gasteiger charge is -2.28. The van der Waals surface area contributed by atoms with Crippen LogP contribution in [0.2, 0.25) is 0 Å². The Hall–Kier alpha value is -0.780. The first kappa shape index (κ1) is 12.2. The van der Waals surface area contributed by atoms with Crippen LogP contribution in [0, 0.1) is 5.92 Å². The van der Waals surface area contributed by atoms with Gasteiger partial charge in [-0.3, -0.25) is 4.79 Å². The van der Waals surface area contributed by atoms with Gasteiger partial charge in [-0.1, -0.05) is 0 Å². The van der Waals surface area contributed by atoms with Gasteiger partial charge < -0.3 is 9.84 Å². The van der Waals surface area contributed by atoms with Crippen molar-refractivity contribution < 1.29 is 27.8 Å². The molecule has 13 heavy (non-hydrogen) atoms. The Kier molecular flexibility index (Phi) is 3.32. The molecular formula is C7H11F3O3. The predicted octanol–water partition coefficient (Wildman–Crippen LogP) is 1.11. The third-order valence-corrected chi connectivity index (χ3v) is 1.47. The van der Waals surface area contributed by atoms with Gasteiger partial charge >= 0.3 is 12.1 Å². The van der Waals surface area contributed by atoms with Crippen LogP contribution < -0.4 is 0 Å². The minimum Gasteiger partial charge on any atom is -0.468 e. The summed E-state index contributed by atoms with van der Waals surface area (Å²) in [5.74, 6) is -4.00. The summed E-state index contributed by atoms with van der Waals surface area (Å²) in [7, 11) is 0.840. The Morgan fingerprint density at radius 3 is 1.85 bits per heavy atom. The number of ether oxygens (including phenoxy) is 1. The Morgan fingerprint density at radius 2 is 1.77 bits per heavy atom. The summed E-state index contributed by atoms with van der Waals surface area (Å²) in [4.78, 5) is 10.7. The zero-order chi connectivity index (χ0) is 10.9. The topological polar surface area (TPSA) is 46.5 Å². The smallest absolute Gasteiger partial charge is 0.404 e. The van der Waals surface area contributed by atoms with E-state index in [1.54, 1.807) is 0 Å². The maximum Gasteiger partial charge on any atom is 0.404 e. The Bertz CT molecular complexity index is 178. The number of carbonyl (C=O) groups excluding carboxylic acids is 1. The number of esters is 1. The van der Waals surface area contributed by atoms with E-state index in [0.29, 0.717) is 0 Å². The highest BCUT2D eigenvalue weighted by atomic mass is 19.4. The number of hydrogen-bond donors (Lipinski definition) is 1. The molecule has 0 saturated carbocycles. The van der Waals surface area contributed by atoms with Crippen molar-refractivity contribution in [1.82, 2.24) is 0 Å².